The molecule has 0 saturated carbocycles. The van der Waals surface area contributed by atoms with Gasteiger partial charge in [0, 0.05) is 25.7 Å². The molecule has 1 aliphatic rings. The second kappa shape index (κ2) is 5.84. The van der Waals surface area contributed by atoms with Gasteiger partial charge < -0.3 is 10.1 Å². The fourth-order valence-corrected chi connectivity index (χ4v) is 1.71. The van der Waals surface area contributed by atoms with Crippen LogP contribution in [0.5, 0.6) is 0 Å². The highest BCUT2D eigenvalue weighted by atomic mass is 19.4. The molecule has 6 heteroatoms. The molecule has 1 unspecified atom stereocenters. The average molecular weight is 240 g/mol. The molecule has 1 atom stereocenters. The van der Waals surface area contributed by atoms with E-state index in [9.17, 15) is 13.2 Å². The molecule has 1 N–H and O–H groups in total. The van der Waals surface area contributed by atoms with Gasteiger partial charge in [0.25, 0.3) is 0 Å². The summed E-state index contributed by atoms with van der Waals surface area (Å²) in [5, 5.41) is 2.38. The van der Waals surface area contributed by atoms with E-state index in [0.717, 1.165) is 6.54 Å². The van der Waals surface area contributed by atoms with Crippen LogP contribution in [0.1, 0.15) is 13.8 Å². The second-order valence-corrected chi connectivity index (χ2v) is 4.33. The number of halogens is 3. The van der Waals surface area contributed by atoms with Crippen molar-refractivity contribution in [1.29, 1.82) is 0 Å². The number of nitrogens with zero attached hydrogens (tertiary/aromatic N) is 1. The lowest BCUT2D eigenvalue weighted by atomic mass is 10.2. The molecule has 0 aromatic rings. The fraction of sp³-hybridized carbons (Fsp3) is 1.00. The van der Waals surface area contributed by atoms with Gasteiger partial charge in [-0.2, -0.15) is 13.2 Å². The largest absolute Gasteiger partial charge is 0.401 e. The van der Waals surface area contributed by atoms with E-state index in [-0.39, 0.29) is 12.6 Å². The summed E-state index contributed by atoms with van der Waals surface area (Å²) in [5.74, 6) is 0. The standard InChI is InChI=1S/C10H19F3N2O/c1-8(2)15-3-4-16-9(6-15)5-14-7-10(11,12)13/h8-9,14H,3-7H2,1-2H3. The molecule has 0 amide bonds. The summed E-state index contributed by atoms with van der Waals surface area (Å²) in [4.78, 5) is 2.21. The summed E-state index contributed by atoms with van der Waals surface area (Å²) in [6.07, 6.45) is -4.29. The molecule has 1 heterocycles. The third-order valence-corrected chi connectivity index (χ3v) is 2.60. The molecule has 1 saturated heterocycles. The highest BCUT2D eigenvalue weighted by molar-refractivity contribution is 4.75. The van der Waals surface area contributed by atoms with Gasteiger partial charge in [0.2, 0.25) is 0 Å². The first-order valence-corrected chi connectivity index (χ1v) is 5.51. The smallest absolute Gasteiger partial charge is 0.374 e. The van der Waals surface area contributed by atoms with Crippen LogP contribution in [-0.2, 0) is 4.74 Å². The molecule has 0 spiro atoms. The molecule has 0 radical (unpaired) electrons. The maximum absolute atomic E-state index is 11.9. The van der Waals surface area contributed by atoms with Crippen molar-refractivity contribution in [2.75, 3.05) is 32.8 Å². The van der Waals surface area contributed by atoms with Gasteiger partial charge >= 0.3 is 6.18 Å². The zero-order chi connectivity index (χ0) is 12.2. The lowest BCUT2D eigenvalue weighted by Crippen LogP contribution is -2.49. The summed E-state index contributed by atoms with van der Waals surface area (Å²) < 4.78 is 41.1. The van der Waals surface area contributed by atoms with Crippen molar-refractivity contribution >= 4 is 0 Å². The summed E-state index contributed by atoms with van der Waals surface area (Å²) in [6.45, 7) is 5.60. The molecule has 1 aliphatic heterocycles. The van der Waals surface area contributed by atoms with Crippen molar-refractivity contribution in [3.63, 3.8) is 0 Å². The van der Waals surface area contributed by atoms with Crippen LogP contribution in [0.25, 0.3) is 0 Å². The Bertz CT molecular complexity index is 209. The Kier molecular flexibility index (Phi) is 5.01. The van der Waals surface area contributed by atoms with Gasteiger partial charge in [0.1, 0.15) is 0 Å². The molecule has 0 bridgehead atoms. The van der Waals surface area contributed by atoms with E-state index in [2.05, 4.69) is 24.1 Å². The van der Waals surface area contributed by atoms with Crippen molar-refractivity contribution in [1.82, 2.24) is 10.2 Å². The number of rotatable bonds is 4. The summed E-state index contributed by atoms with van der Waals surface area (Å²) in [6, 6.07) is 0.411. The minimum Gasteiger partial charge on any atom is -0.374 e. The Labute approximate surface area is 93.9 Å². The number of hydrogen-bond donors (Lipinski definition) is 1. The highest BCUT2D eigenvalue weighted by Crippen LogP contribution is 2.13. The van der Waals surface area contributed by atoms with Crippen molar-refractivity contribution < 1.29 is 17.9 Å². The Hall–Kier alpha value is -0.330. The molecule has 1 fully saturated rings. The van der Waals surface area contributed by atoms with Gasteiger partial charge in [-0.3, -0.25) is 4.90 Å². The van der Waals surface area contributed by atoms with Crippen molar-refractivity contribution in [2.24, 2.45) is 0 Å². The van der Waals surface area contributed by atoms with Gasteiger partial charge in [-0.15, -0.1) is 0 Å². The van der Waals surface area contributed by atoms with Crippen LogP contribution in [0.3, 0.4) is 0 Å². The molecule has 0 aromatic carbocycles. The van der Waals surface area contributed by atoms with E-state index in [1.165, 1.54) is 0 Å². The van der Waals surface area contributed by atoms with Crippen LogP contribution in [0, 0.1) is 0 Å². The van der Waals surface area contributed by atoms with Crippen LogP contribution in [-0.4, -0.2) is 56.0 Å². The van der Waals surface area contributed by atoms with Crippen LogP contribution < -0.4 is 5.32 Å². The monoisotopic (exact) mass is 240 g/mol. The number of morpholine rings is 1. The lowest BCUT2D eigenvalue weighted by Gasteiger charge is -2.35. The minimum atomic E-state index is -4.15. The summed E-state index contributed by atoms with van der Waals surface area (Å²) in [5.41, 5.74) is 0. The van der Waals surface area contributed by atoms with E-state index in [4.69, 9.17) is 4.74 Å². The predicted octanol–water partition coefficient (Wildman–Crippen LogP) is 1.25. The average Bonchev–Trinajstić information content (AvgIpc) is 2.16. The van der Waals surface area contributed by atoms with Gasteiger partial charge in [-0.25, -0.2) is 0 Å². The quantitative estimate of drug-likeness (QED) is 0.800. The third-order valence-electron chi connectivity index (χ3n) is 2.60. The summed E-state index contributed by atoms with van der Waals surface area (Å²) >= 11 is 0. The Balaban J connectivity index is 2.22. The van der Waals surface area contributed by atoms with Crippen LogP contribution in [0.2, 0.25) is 0 Å². The Morgan fingerprint density at radius 2 is 2.12 bits per heavy atom. The van der Waals surface area contributed by atoms with Gasteiger partial charge in [-0.1, -0.05) is 0 Å². The first-order chi connectivity index (χ1) is 7.38. The van der Waals surface area contributed by atoms with Crippen molar-refractivity contribution in [3.05, 3.63) is 0 Å². The SMILES string of the molecule is CC(C)N1CCOC(CNCC(F)(F)F)C1. The molecular formula is C10H19F3N2O. The maximum atomic E-state index is 11.9. The van der Waals surface area contributed by atoms with Crippen LogP contribution >= 0.6 is 0 Å². The number of nitrogens with one attached hydrogen (secondary N) is 1. The molecule has 3 nitrogen and oxygen atoms in total. The molecule has 96 valence electrons. The van der Waals surface area contributed by atoms with Crippen molar-refractivity contribution in [3.8, 4) is 0 Å². The van der Waals surface area contributed by atoms with E-state index < -0.39 is 12.7 Å². The van der Waals surface area contributed by atoms with E-state index in [0.29, 0.717) is 19.2 Å². The third kappa shape index (κ3) is 5.14. The Morgan fingerprint density at radius 3 is 2.69 bits per heavy atom. The van der Waals surface area contributed by atoms with E-state index in [1.54, 1.807) is 0 Å². The normalized spacial score (nSPS) is 24.0. The highest BCUT2D eigenvalue weighted by Gasteiger charge is 2.28. The zero-order valence-corrected chi connectivity index (χ0v) is 9.68. The van der Waals surface area contributed by atoms with Gasteiger partial charge in [0.15, 0.2) is 0 Å². The molecule has 1 rings (SSSR count). The van der Waals surface area contributed by atoms with Gasteiger partial charge in [-0.05, 0) is 13.8 Å². The molecule has 0 aliphatic carbocycles. The maximum Gasteiger partial charge on any atom is 0.401 e. The van der Waals surface area contributed by atoms with E-state index >= 15 is 0 Å². The molecule has 16 heavy (non-hydrogen) atoms. The first kappa shape index (κ1) is 13.7. The number of alkyl halides is 3. The number of hydrogen-bond acceptors (Lipinski definition) is 3. The first-order valence-electron chi connectivity index (χ1n) is 5.51. The van der Waals surface area contributed by atoms with E-state index in [1.807, 2.05) is 0 Å². The number of ether oxygens (including phenoxy) is 1. The van der Waals surface area contributed by atoms with Gasteiger partial charge in [0.05, 0.1) is 19.3 Å². The fourth-order valence-electron chi connectivity index (χ4n) is 1.71. The second-order valence-electron chi connectivity index (χ2n) is 4.33. The molecule has 0 aromatic heterocycles. The molecular weight excluding hydrogens is 221 g/mol. The summed E-state index contributed by atoms with van der Waals surface area (Å²) in [7, 11) is 0. The lowest BCUT2D eigenvalue weighted by molar-refractivity contribution is -0.127. The van der Waals surface area contributed by atoms with Crippen LogP contribution in [0.15, 0.2) is 0 Å². The Morgan fingerprint density at radius 1 is 1.44 bits per heavy atom. The minimum absolute atomic E-state index is 0.140. The van der Waals surface area contributed by atoms with Crippen molar-refractivity contribution in [2.45, 2.75) is 32.2 Å². The van der Waals surface area contributed by atoms with Crippen LogP contribution in [0.4, 0.5) is 13.2 Å². The topological polar surface area (TPSA) is 24.5 Å². The zero-order valence-electron chi connectivity index (χ0n) is 9.68. The predicted molar refractivity (Wildman–Crippen MR) is 55.4 cm³/mol.